The Kier molecular flexibility index (Phi) is 7.55. The van der Waals surface area contributed by atoms with Crippen LogP contribution in [0, 0.1) is 31.0 Å². The van der Waals surface area contributed by atoms with Gasteiger partial charge in [0.1, 0.15) is 23.2 Å². The average Bonchev–Trinajstić information content (AvgIpc) is 2.81. The summed E-state index contributed by atoms with van der Waals surface area (Å²) >= 11 is 0. The largest absolute Gasteiger partial charge is 0.483 e. The number of amides is 2. The summed E-state index contributed by atoms with van der Waals surface area (Å²) < 4.78 is 19.3. The zero-order valence-corrected chi connectivity index (χ0v) is 18.2. The Bertz CT molecular complexity index is 1260. The summed E-state index contributed by atoms with van der Waals surface area (Å²) in [7, 11) is 0. The zero-order chi connectivity index (χ0) is 23.8. The van der Waals surface area contributed by atoms with E-state index >= 15 is 0 Å². The second-order valence-electron chi connectivity index (χ2n) is 7.23. The first kappa shape index (κ1) is 23.2. The minimum absolute atomic E-state index is 0.0501. The van der Waals surface area contributed by atoms with Crippen LogP contribution < -0.4 is 15.4 Å². The summed E-state index contributed by atoms with van der Waals surface area (Å²) in [5, 5.41) is 14.7. The van der Waals surface area contributed by atoms with Crippen molar-refractivity contribution in [3.8, 4) is 11.8 Å². The molecular weight excluding hydrogens is 421 g/mol. The van der Waals surface area contributed by atoms with Crippen LogP contribution in [-0.4, -0.2) is 18.4 Å². The predicted octanol–water partition coefficient (Wildman–Crippen LogP) is 5.01. The summed E-state index contributed by atoms with van der Waals surface area (Å²) in [6.07, 6.45) is 1.39. The van der Waals surface area contributed by atoms with Crippen LogP contribution >= 0.6 is 0 Å². The van der Waals surface area contributed by atoms with Gasteiger partial charge < -0.3 is 15.4 Å². The normalized spacial score (nSPS) is 10.8. The molecule has 0 heterocycles. The third-order valence-electron chi connectivity index (χ3n) is 4.94. The number of rotatable bonds is 7. The molecule has 3 rings (SSSR count). The third-order valence-corrected chi connectivity index (χ3v) is 4.94. The van der Waals surface area contributed by atoms with Crippen molar-refractivity contribution in [2.75, 3.05) is 17.2 Å². The van der Waals surface area contributed by atoms with Gasteiger partial charge in [0.05, 0.1) is 5.69 Å². The Hall–Kier alpha value is -4.44. The Morgan fingerprint density at radius 1 is 0.970 bits per heavy atom. The Morgan fingerprint density at radius 2 is 1.67 bits per heavy atom. The molecule has 33 heavy (non-hydrogen) atoms. The van der Waals surface area contributed by atoms with Crippen LogP contribution in [0.1, 0.15) is 16.7 Å². The fourth-order valence-corrected chi connectivity index (χ4v) is 3.00. The summed E-state index contributed by atoms with van der Waals surface area (Å²) in [4.78, 5) is 24.8. The van der Waals surface area contributed by atoms with Gasteiger partial charge in [-0.15, -0.1) is 0 Å². The van der Waals surface area contributed by atoms with Crippen molar-refractivity contribution >= 4 is 29.3 Å². The highest BCUT2D eigenvalue weighted by molar-refractivity contribution is 6.10. The van der Waals surface area contributed by atoms with Gasteiger partial charge in [-0.2, -0.15) is 5.26 Å². The van der Waals surface area contributed by atoms with Gasteiger partial charge in [-0.05, 0) is 55.3 Å². The van der Waals surface area contributed by atoms with Gasteiger partial charge in [0.15, 0.2) is 6.61 Å². The maximum Gasteiger partial charge on any atom is 0.266 e. The SMILES string of the molecule is Cc1cccc(NC(=O)/C(C#N)=C\c2ccccc2OCC(=O)Nc2ccccc2F)c1C. The molecule has 7 heteroatoms. The van der Waals surface area contributed by atoms with E-state index in [0.29, 0.717) is 17.0 Å². The number of nitrogens with one attached hydrogen (secondary N) is 2. The second-order valence-corrected chi connectivity index (χ2v) is 7.23. The monoisotopic (exact) mass is 443 g/mol. The van der Waals surface area contributed by atoms with Crippen LogP contribution in [0.3, 0.4) is 0 Å². The quantitative estimate of drug-likeness (QED) is 0.397. The lowest BCUT2D eigenvalue weighted by Crippen LogP contribution is -2.21. The summed E-state index contributed by atoms with van der Waals surface area (Å²) in [6, 6.07) is 19.9. The minimum Gasteiger partial charge on any atom is -0.483 e. The van der Waals surface area contributed by atoms with E-state index in [1.165, 1.54) is 24.3 Å². The zero-order valence-electron chi connectivity index (χ0n) is 18.2. The van der Waals surface area contributed by atoms with E-state index in [9.17, 15) is 19.2 Å². The summed E-state index contributed by atoms with van der Waals surface area (Å²) in [5.41, 5.74) is 2.92. The van der Waals surface area contributed by atoms with Crippen LogP contribution in [0.25, 0.3) is 6.08 Å². The molecule has 6 nitrogen and oxygen atoms in total. The van der Waals surface area contributed by atoms with Crippen LogP contribution in [0.4, 0.5) is 15.8 Å². The van der Waals surface area contributed by atoms with Crippen molar-refractivity contribution in [3.05, 3.63) is 94.8 Å². The fraction of sp³-hybridized carbons (Fsp3) is 0.115. The number of nitriles is 1. The van der Waals surface area contributed by atoms with Crippen LogP contribution in [-0.2, 0) is 9.59 Å². The van der Waals surface area contributed by atoms with Crippen LogP contribution in [0.2, 0.25) is 0 Å². The second kappa shape index (κ2) is 10.7. The highest BCUT2D eigenvalue weighted by Gasteiger charge is 2.14. The lowest BCUT2D eigenvalue weighted by atomic mass is 10.1. The van der Waals surface area contributed by atoms with Crippen molar-refractivity contribution in [2.45, 2.75) is 13.8 Å². The van der Waals surface area contributed by atoms with Crippen molar-refractivity contribution in [2.24, 2.45) is 0 Å². The Labute approximate surface area is 191 Å². The number of para-hydroxylation sites is 2. The molecule has 0 fully saturated rings. The predicted molar refractivity (Wildman–Crippen MR) is 125 cm³/mol. The molecule has 0 aliphatic carbocycles. The van der Waals surface area contributed by atoms with E-state index < -0.39 is 17.6 Å². The van der Waals surface area contributed by atoms with Crippen LogP contribution in [0.15, 0.2) is 72.3 Å². The van der Waals surface area contributed by atoms with Gasteiger partial charge in [0.2, 0.25) is 0 Å². The number of aryl methyl sites for hydroxylation is 1. The van der Waals surface area contributed by atoms with E-state index in [0.717, 1.165) is 11.1 Å². The molecule has 3 aromatic rings. The van der Waals surface area contributed by atoms with Gasteiger partial charge in [-0.3, -0.25) is 9.59 Å². The van der Waals surface area contributed by atoms with E-state index in [1.807, 2.05) is 32.0 Å². The molecule has 2 N–H and O–H groups in total. The number of carbonyl (C=O) groups is 2. The maximum atomic E-state index is 13.7. The molecule has 0 spiro atoms. The third kappa shape index (κ3) is 6.05. The number of nitrogens with zero attached hydrogens (tertiary/aromatic N) is 1. The first-order valence-electron chi connectivity index (χ1n) is 10.1. The number of ether oxygens (including phenoxy) is 1. The maximum absolute atomic E-state index is 13.7. The van der Waals surface area contributed by atoms with Gasteiger partial charge in [-0.1, -0.05) is 42.5 Å². The van der Waals surface area contributed by atoms with Gasteiger partial charge in [0, 0.05) is 11.3 Å². The molecule has 166 valence electrons. The number of halogens is 1. The molecule has 2 amide bonds. The molecule has 0 radical (unpaired) electrons. The first-order chi connectivity index (χ1) is 15.9. The fourth-order valence-electron chi connectivity index (χ4n) is 3.00. The average molecular weight is 443 g/mol. The molecule has 0 aliphatic heterocycles. The molecule has 0 aromatic heterocycles. The first-order valence-corrected chi connectivity index (χ1v) is 10.1. The standard InChI is InChI=1S/C26H22FN3O3/c1-17-8-7-12-22(18(17)2)30-26(32)20(15-28)14-19-9-3-6-13-24(19)33-16-25(31)29-23-11-5-4-10-21(23)27/h3-14H,16H2,1-2H3,(H,29,31)(H,30,32)/b20-14-. The molecule has 0 aliphatic rings. The molecule has 3 aromatic carbocycles. The van der Waals surface area contributed by atoms with Gasteiger partial charge in [-0.25, -0.2) is 4.39 Å². The number of hydrogen-bond donors (Lipinski definition) is 2. The van der Waals surface area contributed by atoms with Crippen LogP contribution in [0.5, 0.6) is 5.75 Å². The molecule has 0 unspecified atom stereocenters. The Balaban J connectivity index is 1.73. The lowest BCUT2D eigenvalue weighted by molar-refractivity contribution is -0.118. The van der Waals surface area contributed by atoms with Crippen molar-refractivity contribution in [3.63, 3.8) is 0 Å². The Morgan fingerprint density at radius 3 is 2.42 bits per heavy atom. The molecular formula is C26H22FN3O3. The highest BCUT2D eigenvalue weighted by atomic mass is 19.1. The molecule has 0 bridgehead atoms. The topological polar surface area (TPSA) is 91.2 Å². The van der Waals surface area contributed by atoms with E-state index in [4.69, 9.17) is 4.74 Å². The van der Waals surface area contributed by atoms with Crippen molar-refractivity contribution in [1.82, 2.24) is 0 Å². The summed E-state index contributed by atoms with van der Waals surface area (Å²) in [6.45, 7) is 3.44. The molecule has 0 saturated carbocycles. The number of benzene rings is 3. The van der Waals surface area contributed by atoms with Gasteiger partial charge >= 0.3 is 0 Å². The van der Waals surface area contributed by atoms with Crippen molar-refractivity contribution in [1.29, 1.82) is 5.26 Å². The van der Waals surface area contributed by atoms with E-state index in [-0.39, 0.29) is 17.9 Å². The minimum atomic E-state index is -0.557. The highest BCUT2D eigenvalue weighted by Crippen LogP contribution is 2.23. The van der Waals surface area contributed by atoms with E-state index in [1.54, 1.807) is 36.4 Å². The number of hydrogen-bond acceptors (Lipinski definition) is 4. The van der Waals surface area contributed by atoms with Crippen molar-refractivity contribution < 1.29 is 18.7 Å². The number of anilines is 2. The lowest BCUT2D eigenvalue weighted by Gasteiger charge is -2.11. The van der Waals surface area contributed by atoms with Gasteiger partial charge in [0.25, 0.3) is 11.8 Å². The molecule has 0 atom stereocenters. The summed E-state index contributed by atoms with van der Waals surface area (Å²) in [5.74, 6) is -1.36. The smallest absolute Gasteiger partial charge is 0.266 e. The number of carbonyl (C=O) groups excluding carboxylic acids is 2. The molecule has 0 saturated heterocycles. The van der Waals surface area contributed by atoms with E-state index in [2.05, 4.69) is 10.6 Å².